The zero-order chi connectivity index (χ0) is 25.2. The zero-order valence-corrected chi connectivity index (χ0v) is 19.0. The van der Waals surface area contributed by atoms with E-state index in [-0.39, 0.29) is 30.0 Å². The van der Waals surface area contributed by atoms with E-state index in [2.05, 4.69) is 5.32 Å². The van der Waals surface area contributed by atoms with Crippen molar-refractivity contribution in [3.63, 3.8) is 0 Å². The van der Waals surface area contributed by atoms with Gasteiger partial charge in [0.1, 0.15) is 30.5 Å². The lowest BCUT2D eigenvalue weighted by atomic mass is 10.0. The molecule has 36 heavy (non-hydrogen) atoms. The number of rotatable bonds is 8. The molecule has 1 fully saturated rings. The van der Waals surface area contributed by atoms with E-state index < -0.39 is 23.6 Å². The van der Waals surface area contributed by atoms with E-state index in [0.29, 0.717) is 35.5 Å². The van der Waals surface area contributed by atoms with Gasteiger partial charge >= 0.3 is 5.97 Å². The van der Waals surface area contributed by atoms with Crippen LogP contribution in [0.25, 0.3) is 22.1 Å². The van der Waals surface area contributed by atoms with Crippen LogP contribution in [0, 0.1) is 11.6 Å². The van der Waals surface area contributed by atoms with Gasteiger partial charge in [0.15, 0.2) is 11.6 Å². The first-order valence-electron chi connectivity index (χ1n) is 11.3. The lowest BCUT2D eigenvalue weighted by Gasteiger charge is -2.28. The third-order valence-corrected chi connectivity index (χ3v) is 6.14. The molecule has 0 saturated carbocycles. The summed E-state index contributed by atoms with van der Waals surface area (Å²) in [6.07, 6.45) is 1.85. The van der Waals surface area contributed by atoms with E-state index in [0.717, 1.165) is 11.6 Å². The Morgan fingerprint density at radius 2 is 1.94 bits per heavy atom. The average molecular weight is 492 g/mol. The molecule has 1 atom stereocenters. The second-order valence-corrected chi connectivity index (χ2v) is 8.48. The van der Waals surface area contributed by atoms with Gasteiger partial charge in [0, 0.05) is 17.8 Å². The molecule has 0 spiro atoms. The standard InChI is InChI=1S/C27H22F2N2O5/c28-22-13-21(26-20(25(22)29)9-11-35-26)17-4-6-19(7-5-17)36-15-16-2-1-3-18(12-16)31(14-24(32)33)23-8-10-30-27(23)34/h1-7,9,11-13,23H,8,10,14-15H2,(H,30,34)(H,32,33). The number of carboxylic acids is 1. The van der Waals surface area contributed by atoms with Crippen LogP contribution < -0.4 is 15.0 Å². The monoisotopic (exact) mass is 492 g/mol. The lowest BCUT2D eigenvalue weighted by Crippen LogP contribution is -2.43. The van der Waals surface area contributed by atoms with Crippen molar-refractivity contribution < 1.29 is 32.6 Å². The number of ether oxygens (including phenoxy) is 1. The molecule has 4 aromatic rings. The largest absolute Gasteiger partial charge is 0.489 e. The van der Waals surface area contributed by atoms with Crippen molar-refractivity contribution in [3.05, 3.63) is 84.1 Å². The molecule has 0 aliphatic carbocycles. The van der Waals surface area contributed by atoms with Crippen LogP contribution in [0.5, 0.6) is 5.75 Å². The molecule has 1 aromatic heterocycles. The van der Waals surface area contributed by atoms with Gasteiger partial charge in [-0.25, -0.2) is 8.78 Å². The molecular weight excluding hydrogens is 470 g/mol. The topological polar surface area (TPSA) is 92.0 Å². The van der Waals surface area contributed by atoms with Crippen LogP contribution >= 0.6 is 0 Å². The number of carboxylic acid groups (broad SMARTS) is 1. The Morgan fingerprint density at radius 3 is 2.67 bits per heavy atom. The average Bonchev–Trinajstić information content (AvgIpc) is 3.53. The van der Waals surface area contributed by atoms with E-state index in [4.69, 9.17) is 9.15 Å². The number of carbonyl (C=O) groups is 2. The number of nitrogens with one attached hydrogen (secondary N) is 1. The first-order valence-corrected chi connectivity index (χ1v) is 11.3. The third-order valence-electron chi connectivity index (χ3n) is 6.14. The molecule has 1 aliphatic rings. The predicted molar refractivity (Wildman–Crippen MR) is 129 cm³/mol. The van der Waals surface area contributed by atoms with Crippen LogP contribution in [0.4, 0.5) is 14.5 Å². The summed E-state index contributed by atoms with van der Waals surface area (Å²) in [6, 6.07) is 16.1. The number of nitrogens with zero attached hydrogens (tertiary/aromatic N) is 1. The SMILES string of the molecule is O=C(O)CN(c1cccc(COc2ccc(-c3cc(F)c(F)c4ccoc34)cc2)c1)C1CCNC1=O. The van der Waals surface area contributed by atoms with Crippen LogP contribution in [0.3, 0.4) is 0 Å². The fraction of sp³-hybridized carbons (Fsp3) is 0.185. The number of hydrogen-bond acceptors (Lipinski definition) is 5. The van der Waals surface area contributed by atoms with Gasteiger partial charge in [-0.2, -0.15) is 0 Å². The summed E-state index contributed by atoms with van der Waals surface area (Å²) < 4.78 is 39.3. The van der Waals surface area contributed by atoms with Gasteiger partial charge in [-0.15, -0.1) is 0 Å². The van der Waals surface area contributed by atoms with Gasteiger partial charge < -0.3 is 24.5 Å². The molecule has 1 saturated heterocycles. The quantitative estimate of drug-likeness (QED) is 0.369. The molecule has 3 aromatic carbocycles. The van der Waals surface area contributed by atoms with Crippen LogP contribution in [0.15, 0.2) is 71.3 Å². The number of aliphatic carboxylic acids is 1. The third kappa shape index (κ3) is 4.59. The van der Waals surface area contributed by atoms with Crippen molar-refractivity contribution in [1.82, 2.24) is 5.32 Å². The van der Waals surface area contributed by atoms with Crippen molar-refractivity contribution in [2.24, 2.45) is 0 Å². The van der Waals surface area contributed by atoms with Gasteiger partial charge in [-0.05, 0) is 53.9 Å². The molecule has 0 radical (unpaired) electrons. The lowest BCUT2D eigenvalue weighted by molar-refractivity contribution is -0.135. The number of hydrogen-bond donors (Lipinski definition) is 2. The fourth-order valence-electron chi connectivity index (χ4n) is 4.42. The minimum absolute atomic E-state index is 0.0808. The number of halogens is 2. The Morgan fingerprint density at radius 1 is 1.14 bits per heavy atom. The summed E-state index contributed by atoms with van der Waals surface area (Å²) in [5, 5.41) is 12.2. The zero-order valence-electron chi connectivity index (χ0n) is 19.0. The molecule has 1 aliphatic heterocycles. The summed E-state index contributed by atoms with van der Waals surface area (Å²) >= 11 is 0. The number of anilines is 1. The summed E-state index contributed by atoms with van der Waals surface area (Å²) in [5.74, 6) is -2.55. The predicted octanol–water partition coefficient (Wildman–Crippen LogP) is 4.74. The highest BCUT2D eigenvalue weighted by Gasteiger charge is 2.31. The number of carbonyl (C=O) groups excluding carboxylic acids is 1. The maximum Gasteiger partial charge on any atom is 0.323 e. The molecule has 1 unspecified atom stereocenters. The molecule has 1 amide bonds. The Labute approximate surface area is 204 Å². The Bertz CT molecular complexity index is 1430. The molecule has 184 valence electrons. The summed E-state index contributed by atoms with van der Waals surface area (Å²) in [4.78, 5) is 25.2. The van der Waals surface area contributed by atoms with Gasteiger partial charge in [0.05, 0.1) is 11.6 Å². The van der Waals surface area contributed by atoms with Crippen LogP contribution in [-0.2, 0) is 16.2 Å². The second kappa shape index (κ2) is 9.69. The second-order valence-electron chi connectivity index (χ2n) is 8.48. The first-order chi connectivity index (χ1) is 17.4. The van der Waals surface area contributed by atoms with Crippen molar-refractivity contribution in [2.75, 3.05) is 18.0 Å². The number of furan rings is 1. The smallest absolute Gasteiger partial charge is 0.323 e. The minimum Gasteiger partial charge on any atom is -0.489 e. The highest BCUT2D eigenvalue weighted by Crippen LogP contribution is 2.33. The normalized spacial score (nSPS) is 15.2. The van der Waals surface area contributed by atoms with Crippen LogP contribution in [-0.4, -0.2) is 36.1 Å². The highest BCUT2D eigenvalue weighted by molar-refractivity contribution is 5.93. The van der Waals surface area contributed by atoms with Gasteiger partial charge in [0.25, 0.3) is 0 Å². The Balaban J connectivity index is 1.32. The van der Waals surface area contributed by atoms with Crippen molar-refractivity contribution in [3.8, 4) is 16.9 Å². The van der Waals surface area contributed by atoms with E-state index in [9.17, 15) is 23.5 Å². The van der Waals surface area contributed by atoms with Gasteiger partial charge in [-0.1, -0.05) is 24.3 Å². The Hall–Kier alpha value is -4.40. The van der Waals surface area contributed by atoms with Crippen molar-refractivity contribution in [2.45, 2.75) is 19.1 Å². The molecule has 2 heterocycles. The molecule has 0 bridgehead atoms. The number of amides is 1. The minimum atomic E-state index is -1.02. The summed E-state index contributed by atoms with van der Waals surface area (Å²) in [6.45, 7) is 0.420. The molecule has 5 rings (SSSR count). The van der Waals surface area contributed by atoms with Crippen LogP contribution in [0.2, 0.25) is 0 Å². The van der Waals surface area contributed by atoms with E-state index in [1.54, 1.807) is 47.4 Å². The molecular formula is C27H22F2N2O5. The van der Waals surface area contributed by atoms with E-state index in [1.165, 1.54) is 12.3 Å². The van der Waals surface area contributed by atoms with Gasteiger partial charge in [0.2, 0.25) is 5.91 Å². The molecule has 9 heteroatoms. The van der Waals surface area contributed by atoms with E-state index in [1.807, 2.05) is 6.07 Å². The fourth-order valence-corrected chi connectivity index (χ4v) is 4.42. The van der Waals surface area contributed by atoms with Gasteiger partial charge in [-0.3, -0.25) is 9.59 Å². The van der Waals surface area contributed by atoms with Crippen LogP contribution in [0.1, 0.15) is 12.0 Å². The Kier molecular flexibility index (Phi) is 6.28. The van der Waals surface area contributed by atoms with E-state index >= 15 is 0 Å². The molecule has 2 N–H and O–H groups in total. The molecule has 7 nitrogen and oxygen atoms in total. The summed E-state index contributed by atoms with van der Waals surface area (Å²) in [5.41, 5.74) is 2.76. The highest BCUT2D eigenvalue weighted by atomic mass is 19.2. The number of benzene rings is 3. The maximum absolute atomic E-state index is 14.0. The first kappa shape index (κ1) is 23.3. The summed E-state index contributed by atoms with van der Waals surface area (Å²) in [7, 11) is 0. The van der Waals surface area contributed by atoms with Crippen molar-refractivity contribution >= 4 is 28.5 Å². The number of fused-ring (bicyclic) bond motifs is 1. The maximum atomic E-state index is 14.0. The van der Waals surface area contributed by atoms with Crippen molar-refractivity contribution in [1.29, 1.82) is 0 Å².